The van der Waals surface area contributed by atoms with Crippen LogP contribution in [0.25, 0.3) is 11.0 Å². The van der Waals surface area contributed by atoms with E-state index in [1.165, 1.54) is 33.8 Å². The number of aryl methyl sites for hydroxylation is 1. The van der Waals surface area contributed by atoms with Crippen LogP contribution >= 0.6 is 0 Å². The number of allylic oxidation sites excluding steroid dienone is 1. The molecule has 0 unspecified atom stereocenters. The minimum absolute atomic E-state index is 0.153. The first-order chi connectivity index (χ1) is 30.7. The van der Waals surface area contributed by atoms with Gasteiger partial charge in [-0.25, -0.2) is 24.2 Å². The number of hydroxylamine groups is 2. The molecule has 17 nitrogen and oxygen atoms in total. The molecule has 2 heterocycles. The van der Waals surface area contributed by atoms with Crippen molar-refractivity contribution in [3.05, 3.63) is 77.0 Å². The zero-order valence-corrected chi connectivity index (χ0v) is 39.6. The first-order valence-electron chi connectivity index (χ1n) is 21.8. The first-order valence-corrected chi connectivity index (χ1v) is 21.8. The number of unbranched alkanes of at least 4 members (excludes halogenated alkanes) is 1. The Morgan fingerprint density at radius 3 is 2.28 bits per heavy atom. The molecule has 4 aromatic rings. The van der Waals surface area contributed by atoms with E-state index >= 15 is 0 Å². The predicted molar refractivity (Wildman–Crippen MR) is 251 cm³/mol. The standard InChI is InChI=1S/C48H64N8O9/c1-33-18-21-38(41(29-33)63-28-13-12-15-35(31-57)54-25-22-51(8)23-26-54)53(10)44(60)34-19-20-36(40(30-34)62-11)43(59)49-37-16-14-17-39-42(37)50-45(56(39)46(61)64-47(2,3)4)52(9)24-27-55(32-58)65-48(5,6)7/h14,16-21,29-30,32H,12-13,15,22-28H2,1-11H3,(H,49,59). The molecule has 1 aliphatic rings. The lowest BCUT2D eigenvalue weighted by molar-refractivity contribution is -0.214. The van der Waals surface area contributed by atoms with Crippen LogP contribution in [-0.4, -0.2) is 140 Å². The maximum atomic E-state index is 14.0. The third kappa shape index (κ3) is 13.1. The predicted octanol–water partition coefficient (Wildman–Crippen LogP) is 6.80. The van der Waals surface area contributed by atoms with E-state index in [0.29, 0.717) is 59.7 Å². The second kappa shape index (κ2) is 21.5. The van der Waals surface area contributed by atoms with Gasteiger partial charge in [-0.2, -0.15) is 0 Å². The molecule has 17 heteroatoms. The molecule has 1 N–H and O–H groups in total. The molecule has 350 valence electrons. The SMILES string of the molecule is COc1cc(C(=O)N(C)c2ccc(C)cc2OCCCCC(=C=O)N2CCN(C)CC2)ccc1C(=O)Nc1cccc2c1nc(N(C)CCN(C=O)OC(C)(C)C)n2C(=O)OC(C)(C)C. The van der Waals surface area contributed by atoms with Gasteiger partial charge in [0.1, 0.15) is 28.6 Å². The van der Waals surface area contributed by atoms with Gasteiger partial charge in [-0.1, -0.05) is 12.1 Å². The van der Waals surface area contributed by atoms with Crippen molar-refractivity contribution < 1.29 is 43.0 Å². The van der Waals surface area contributed by atoms with Gasteiger partial charge in [0.25, 0.3) is 11.8 Å². The number of hydrogen-bond donors (Lipinski definition) is 1. The number of hydrogen-bond acceptors (Lipinski definition) is 13. The second-order valence-corrected chi connectivity index (χ2v) is 18.1. The lowest BCUT2D eigenvalue weighted by Gasteiger charge is -2.34. The van der Waals surface area contributed by atoms with Gasteiger partial charge < -0.3 is 39.1 Å². The average molecular weight is 897 g/mol. The van der Waals surface area contributed by atoms with Crippen LogP contribution in [0.1, 0.15) is 87.1 Å². The summed E-state index contributed by atoms with van der Waals surface area (Å²) in [5, 5.41) is 4.10. The summed E-state index contributed by atoms with van der Waals surface area (Å²) < 4.78 is 19.0. The number of amides is 3. The van der Waals surface area contributed by atoms with Gasteiger partial charge in [-0.3, -0.25) is 19.2 Å². The van der Waals surface area contributed by atoms with Gasteiger partial charge in [0.05, 0.1) is 54.0 Å². The van der Waals surface area contributed by atoms with E-state index in [1.807, 2.05) is 45.9 Å². The number of methoxy groups -OCH3 is 1. The Morgan fingerprint density at radius 1 is 0.908 bits per heavy atom. The summed E-state index contributed by atoms with van der Waals surface area (Å²) in [4.78, 5) is 83.3. The number of aromatic nitrogens is 2. The minimum Gasteiger partial charge on any atom is -0.496 e. The zero-order chi connectivity index (χ0) is 47.6. The van der Waals surface area contributed by atoms with Gasteiger partial charge in [0.15, 0.2) is 0 Å². The smallest absolute Gasteiger partial charge is 0.421 e. The Hall–Kier alpha value is -6.42. The lowest BCUT2D eigenvalue weighted by Crippen LogP contribution is -2.44. The summed E-state index contributed by atoms with van der Waals surface area (Å²) >= 11 is 0. The molecule has 0 radical (unpaired) electrons. The maximum absolute atomic E-state index is 14.0. The highest BCUT2D eigenvalue weighted by atomic mass is 16.7. The minimum atomic E-state index is -0.828. The molecule has 1 saturated heterocycles. The number of imidazole rings is 1. The molecule has 5 rings (SSSR count). The molecule has 0 saturated carbocycles. The molecule has 0 bridgehead atoms. The normalized spacial score (nSPS) is 13.2. The van der Waals surface area contributed by atoms with Crippen molar-refractivity contribution >= 4 is 58.6 Å². The highest BCUT2D eigenvalue weighted by molar-refractivity contribution is 6.12. The van der Waals surface area contributed by atoms with E-state index in [4.69, 9.17) is 24.0 Å². The molecule has 1 aliphatic heterocycles. The molecule has 3 aromatic carbocycles. The molecule has 0 aliphatic carbocycles. The number of carbonyl (C=O) groups excluding carboxylic acids is 5. The highest BCUT2D eigenvalue weighted by Crippen LogP contribution is 2.33. The number of piperazine rings is 1. The monoisotopic (exact) mass is 896 g/mol. The fourth-order valence-electron chi connectivity index (χ4n) is 7.20. The molecular formula is C48H64N8O9. The molecule has 1 fully saturated rings. The Morgan fingerprint density at radius 2 is 1.63 bits per heavy atom. The van der Waals surface area contributed by atoms with Gasteiger partial charge >= 0.3 is 6.09 Å². The fourth-order valence-corrected chi connectivity index (χ4v) is 7.20. The number of fused-ring (bicyclic) bond motifs is 1. The van der Waals surface area contributed by atoms with Crippen LogP contribution in [0.2, 0.25) is 0 Å². The number of benzene rings is 3. The molecule has 0 spiro atoms. The van der Waals surface area contributed by atoms with Crippen LogP contribution < -0.4 is 24.6 Å². The number of nitrogens with one attached hydrogen (secondary N) is 1. The number of rotatable bonds is 18. The van der Waals surface area contributed by atoms with Crippen LogP contribution in [0.5, 0.6) is 11.5 Å². The topological polar surface area (TPSA) is 168 Å². The summed E-state index contributed by atoms with van der Waals surface area (Å²) in [5.74, 6) is 2.16. The van der Waals surface area contributed by atoms with Gasteiger partial charge in [0, 0.05) is 52.4 Å². The Balaban J connectivity index is 1.32. The number of para-hydroxylation sites is 1. The van der Waals surface area contributed by atoms with E-state index < -0.39 is 23.2 Å². The lowest BCUT2D eigenvalue weighted by atomic mass is 10.1. The van der Waals surface area contributed by atoms with Crippen LogP contribution in [-0.2, 0) is 19.2 Å². The van der Waals surface area contributed by atoms with E-state index in [2.05, 4.69) is 28.1 Å². The molecule has 3 amide bonds. The number of ether oxygens (including phenoxy) is 3. The summed E-state index contributed by atoms with van der Waals surface area (Å²) in [5.41, 5.74) is 2.20. The molecule has 65 heavy (non-hydrogen) atoms. The van der Waals surface area contributed by atoms with E-state index in [1.54, 1.807) is 64.0 Å². The van der Waals surface area contributed by atoms with Crippen molar-refractivity contribution in [2.75, 3.05) is 89.2 Å². The quantitative estimate of drug-likeness (QED) is 0.0480. The third-order valence-corrected chi connectivity index (χ3v) is 10.5. The summed E-state index contributed by atoms with van der Waals surface area (Å²) in [7, 11) is 6.87. The van der Waals surface area contributed by atoms with E-state index in [0.717, 1.165) is 38.2 Å². The van der Waals surface area contributed by atoms with Crippen LogP contribution in [0.4, 0.5) is 22.1 Å². The fraction of sp³-hybridized carbons (Fsp3) is 0.479. The highest BCUT2D eigenvalue weighted by Gasteiger charge is 2.28. The van der Waals surface area contributed by atoms with E-state index in [-0.39, 0.29) is 41.8 Å². The zero-order valence-electron chi connectivity index (χ0n) is 39.6. The molecule has 1 aromatic heterocycles. The molecule has 0 atom stereocenters. The van der Waals surface area contributed by atoms with E-state index in [9.17, 15) is 24.0 Å². The van der Waals surface area contributed by atoms with Crippen molar-refractivity contribution in [3.63, 3.8) is 0 Å². The maximum Gasteiger partial charge on any atom is 0.421 e. The first kappa shape index (κ1) is 49.6. The van der Waals surface area contributed by atoms with Crippen LogP contribution in [0.3, 0.4) is 0 Å². The number of nitrogens with zero attached hydrogens (tertiary/aromatic N) is 7. The number of anilines is 3. The Kier molecular flexibility index (Phi) is 16.4. The number of likely N-dealkylation sites (N-methyl/N-ethyl adjacent to an activating group) is 2. The van der Waals surface area contributed by atoms with Crippen molar-refractivity contribution in [1.29, 1.82) is 0 Å². The van der Waals surface area contributed by atoms with Crippen molar-refractivity contribution in [3.8, 4) is 11.5 Å². The second-order valence-electron chi connectivity index (χ2n) is 18.1. The van der Waals surface area contributed by atoms with Crippen LogP contribution in [0.15, 0.2) is 60.3 Å². The van der Waals surface area contributed by atoms with Crippen LogP contribution in [0, 0.1) is 6.92 Å². The van der Waals surface area contributed by atoms with Gasteiger partial charge in [0.2, 0.25) is 12.4 Å². The van der Waals surface area contributed by atoms with Crippen molar-refractivity contribution in [1.82, 2.24) is 24.4 Å². The Labute approximate surface area is 381 Å². The summed E-state index contributed by atoms with van der Waals surface area (Å²) in [6, 6.07) is 15.2. The largest absolute Gasteiger partial charge is 0.496 e. The molecular weight excluding hydrogens is 833 g/mol. The van der Waals surface area contributed by atoms with Crippen molar-refractivity contribution in [2.24, 2.45) is 0 Å². The third-order valence-electron chi connectivity index (χ3n) is 10.5. The van der Waals surface area contributed by atoms with Crippen molar-refractivity contribution in [2.45, 2.75) is 78.9 Å². The average Bonchev–Trinajstić information content (AvgIpc) is 3.66. The Bertz CT molecular complexity index is 2390. The van der Waals surface area contributed by atoms with Gasteiger partial charge in [-0.15, -0.1) is 0 Å². The summed E-state index contributed by atoms with van der Waals surface area (Å²) in [6.45, 7) is 17.0. The summed E-state index contributed by atoms with van der Waals surface area (Å²) in [6.07, 6.45) is 2.00. The van der Waals surface area contributed by atoms with Gasteiger partial charge in [-0.05, 0) is 123 Å². The number of carbonyl (C=O) groups is 4.